The summed E-state index contributed by atoms with van der Waals surface area (Å²) in [5.41, 5.74) is 0.466. The van der Waals surface area contributed by atoms with Crippen LogP contribution in [-0.4, -0.2) is 48.3 Å². The Morgan fingerprint density at radius 1 is 1.14 bits per heavy atom. The number of piperidine rings is 2. The van der Waals surface area contributed by atoms with Crippen LogP contribution in [0.15, 0.2) is 18.2 Å². The highest BCUT2D eigenvalue weighted by molar-refractivity contribution is 7.80. The van der Waals surface area contributed by atoms with Crippen molar-refractivity contribution < 1.29 is 14.3 Å². The smallest absolute Gasteiger partial charge is 0.225 e. The molecule has 0 aliphatic carbocycles. The molecule has 1 aromatic rings. The molecule has 29 heavy (non-hydrogen) atoms. The van der Waals surface area contributed by atoms with Gasteiger partial charge >= 0.3 is 0 Å². The van der Waals surface area contributed by atoms with Crippen molar-refractivity contribution in [1.29, 1.82) is 0 Å². The number of nitrogens with one attached hydrogen (secondary N) is 2. The minimum Gasteiger partial charge on any atom is -0.497 e. The maximum Gasteiger partial charge on any atom is 0.225 e. The van der Waals surface area contributed by atoms with E-state index in [9.17, 15) is 4.79 Å². The maximum absolute atomic E-state index is 12.4. The number of hydrogen-bond donors (Lipinski definition) is 2. The molecule has 6 nitrogen and oxygen atoms in total. The Kier molecular flexibility index (Phi) is 6.56. The van der Waals surface area contributed by atoms with Crippen LogP contribution in [0.5, 0.6) is 11.5 Å². The second kappa shape index (κ2) is 8.78. The van der Waals surface area contributed by atoms with Gasteiger partial charge in [0.1, 0.15) is 11.5 Å². The first-order chi connectivity index (χ1) is 13.7. The number of amides is 1. The second-order valence-electron chi connectivity index (χ2n) is 9.03. The van der Waals surface area contributed by atoms with Gasteiger partial charge in [-0.1, -0.05) is 20.8 Å². The first-order valence-corrected chi connectivity index (χ1v) is 10.8. The van der Waals surface area contributed by atoms with Crippen LogP contribution in [0.2, 0.25) is 0 Å². The summed E-state index contributed by atoms with van der Waals surface area (Å²) in [6.07, 6.45) is 5.26. The third-order valence-electron chi connectivity index (χ3n) is 5.88. The summed E-state index contributed by atoms with van der Waals surface area (Å²) >= 11 is 5.81. The second-order valence-corrected chi connectivity index (χ2v) is 9.42. The van der Waals surface area contributed by atoms with Gasteiger partial charge in [-0.15, -0.1) is 0 Å². The summed E-state index contributed by atoms with van der Waals surface area (Å²) < 4.78 is 10.8. The standard InChI is InChI=1S/C22H33N3O3S/c1-22(2,3)20(26)23-14-11-15-7-6-8-16(12-14)25(15)21(29)24-18-10-9-17(27-4)13-19(18)28-5/h9-10,13-16H,6-8,11-12H2,1-5H3,(H,23,26)(H,24,29). The van der Waals surface area contributed by atoms with Crippen LogP contribution in [0.1, 0.15) is 52.9 Å². The molecule has 7 heteroatoms. The Hall–Kier alpha value is -2.02. The first kappa shape index (κ1) is 21.7. The van der Waals surface area contributed by atoms with Crippen molar-refractivity contribution in [3.05, 3.63) is 18.2 Å². The van der Waals surface area contributed by atoms with Gasteiger partial charge in [-0.3, -0.25) is 4.79 Å². The third kappa shape index (κ3) is 4.94. The summed E-state index contributed by atoms with van der Waals surface area (Å²) in [6.45, 7) is 5.87. The van der Waals surface area contributed by atoms with E-state index in [4.69, 9.17) is 21.7 Å². The molecular weight excluding hydrogens is 386 g/mol. The monoisotopic (exact) mass is 419 g/mol. The number of fused-ring (bicyclic) bond motifs is 2. The molecule has 2 aliphatic heterocycles. The molecule has 2 atom stereocenters. The maximum atomic E-state index is 12.4. The molecule has 1 amide bonds. The average Bonchev–Trinajstić information content (AvgIpc) is 2.66. The van der Waals surface area contributed by atoms with E-state index in [1.165, 1.54) is 6.42 Å². The van der Waals surface area contributed by atoms with E-state index in [0.29, 0.717) is 17.8 Å². The van der Waals surface area contributed by atoms with E-state index in [1.807, 2.05) is 39.0 Å². The molecule has 2 bridgehead atoms. The van der Waals surface area contributed by atoms with Gasteiger partial charge in [0.15, 0.2) is 5.11 Å². The van der Waals surface area contributed by atoms with Crippen molar-refractivity contribution in [3.63, 3.8) is 0 Å². The summed E-state index contributed by atoms with van der Waals surface area (Å²) in [4.78, 5) is 14.8. The van der Waals surface area contributed by atoms with Gasteiger partial charge in [0.05, 0.1) is 19.9 Å². The zero-order valence-electron chi connectivity index (χ0n) is 18.1. The van der Waals surface area contributed by atoms with Crippen LogP contribution in [0.25, 0.3) is 0 Å². The van der Waals surface area contributed by atoms with Gasteiger partial charge in [-0.25, -0.2) is 0 Å². The van der Waals surface area contributed by atoms with E-state index in [-0.39, 0.29) is 17.4 Å². The Balaban J connectivity index is 1.70. The molecule has 2 fully saturated rings. The predicted octanol–water partition coefficient (Wildman–Crippen LogP) is 3.95. The SMILES string of the molecule is COc1ccc(NC(=S)N2C3CCCC2CC(NC(=O)C(C)(C)C)C3)c(OC)c1. The summed E-state index contributed by atoms with van der Waals surface area (Å²) in [5.74, 6) is 1.56. The van der Waals surface area contributed by atoms with Crippen molar-refractivity contribution in [2.45, 2.75) is 71.0 Å². The number of carbonyl (C=O) groups is 1. The van der Waals surface area contributed by atoms with Crippen molar-refractivity contribution in [2.75, 3.05) is 19.5 Å². The Labute approximate surface area is 179 Å². The lowest BCUT2D eigenvalue weighted by molar-refractivity contribution is -0.129. The van der Waals surface area contributed by atoms with E-state index in [1.54, 1.807) is 14.2 Å². The summed E-state index contributed by atoms with van der Waals surface area (Å²) in [6, 6.07) is 6.57. The lowest BCUT2D eigenvalue weighted by Gasteiger charge is -2.50. The average molecular weight is 420 g/mol. The lowest BCUT2D eigenvalue weighted by atomic mass is 9.81. The van der Waals surface area contributed by atoms with Gasteiger partial charge in [0.25, 0.3) is 0 Å². The van der Waals surface area contributed by atoms with E-state index in [0.717, 1.165) is 42.2 Å². The van der Waals surface area contributed by atoms with E-state index in [2.05, 4.69) is 15.5 Å². The highest BCUT2D eigenvalue weighted by atomic mass is 32.1. The zero-order valence-corrected chi connectivity index (χ0v) is 18.9. The highest BCUT2D eigenvalue weighted by Gasteiger charge is 2.40. The molecule has 0 spiro atoms. The molecule has 3 rings (SSSR count). The predicted molar refractivity (Wildman–Crippen MR) is 120 cm³/mol. The topological polar surface area (TPSA) is 62.8 Å². The van der Waals surface area contributed by atoms with Gasteiger partial charge in [0.2, 0.25) is 5.91 Å². The molecule has 2 saturated heterocycles. The summed E-state index contributed by atoms with van der Waals surface area (Å²) in [7, 11) is 3.28. The molecule has 2 unspecified atom stereocenters. The molecule has 0 saturated carbocycles. The van der Waals surface area contributed by atoms with Crippen LogP contribution in [0, 0.1) is 5.41 Å². The van der Waals surface area contributed by atoms with Crippen LogP contribution in [0.3, 0.4) is 0 Å². The molecule has 2 aliphatic rings. The van der Waals surface area contributed by atoms with Crippen molar-refractivity contribution >= 4 is 28.9 Å². The number of carbonyl (C=O) groups excluding carboxylic acids is 1. The lowest BCUT2D eigenvalue weighted by Crippen LogP contribution is -2.60. The molecule has 2 heterocycles. The fraction of sp³-hybridized carbons (Fsp3) is 0.636. The summed E-state index contributed by atoms with van der Waals surface area (Å²) in [5, 5.41) is 7.37. The Bertz CT molecular complexity index is 748. The minimum atomic E-state index is -0.367. The quantitative estimate of drug-likeness (QED) is 0.721. The van der Waals surface area contributed by atoms with Crippen molar-refractivity contribution in [2.24, 2.45) is 5.41 Å². The normalized spacial score (nSPS) is 23.9. The van der Waals surface area contributed by atoms with Crippen LogP contribution in [-0.2, 0) is 4.79 Å². The molecule has 0 aromatic heterocycles. The number of thiocarbonyl (C=S) groups is 1. The van der Waals surface area contributed by atoms with Crippen molar-refractivity contribution in [1.82, 2.24) is 10.2 Å². The van der Waals surface area contributed by atoms with E-state index < -0.39 is 0 Å². The number of benzene rings is 1. The number of nitrogens with zero attached hydrogens (tertiary/aromatic N) is 1. The third-order valence-corrected chi connectivity index (χ3v) is 6.19. The number of methoxy groups -OCH3 is 2. The van der Waals surface area contributed by atoms with E-state index >= 15 is 0 Å². The van der Waals surface area contributed by atoms with Crippen LogP contribution < -0.4 is 20.1 Å². The Morgan fingerprint density at radius 2 is 1.79 bits per heavy atom. The van der Waals surface area contributed by atoms with Crippen molar-refractivity contribution in [3.8, 4) is 11.5 Å². The number of anilines is 1. The number of ether oxygens (including phenoxy) is 2. The fourth-order valence-electron chi connectivity index (χ4n) is 4.31. The number of rotatable bonds is 4. The molecular formula is C22H33N3O3S. The largest absolute Gasteiger partial charge is 0.497 e. The first-order valence-electron chi connectivity index (χ1n) is 10.3. The number of hydrogen-bond acceptors (Lipinski definition) is 4. The van der Waals surface area contributed by atoms with Gasteiger partial charge < -0.3 is 25.0 Å². The fourth-order valence-corrected chi connectivity index (χ4v) is 4.72. The Morgan fingerprint density at radius 3 is 2.34 bits per heavy atom. The zero-order chi connectivity index (χ0) is 21.2. The van der Waals surface area contributed by atoms with Gasteiger partial charge in [-0.2, -0.15) is 0 Å². The van der Waals surface area contributed by atoms with Gasteiger partial charge in [-0.05, 0) is 56.5 Å². The molecule has 2 N–H and O–H groups in total. The van der Waals surface area contributed by atoms with Crippen LogP contribution >= 0.6 is 12.2 Å². The van der Waals surface area contributed by atoms with Gasteiger partial charge in [0, 0.05) is 29.6 Å². The molecule has 0 radical (unpaired) electrons. The minimum absolute atomic E-state index is 0.123. The molecule has 160 valence electrons. The molecule has 1 aromatic carbocycles. The van der Waals surface area contributed by atoms with Crippen LogP contribution in [0.4, 0.5) is 5.69 Å². The highest BCUT2D eigenvalue weighted by Crippen LogP contribution is 2.36.